The highest BCUT2D eigenvalue weighted by Crippen LogP contribution is 2.12. The quantitative estimate of drug-likeness (QED) is 0.840. The van der Waals surface area contributed by atoms with Crippen LogP contribution in [0.1, 0.15) is 25.8 Å². The Morgan fingerprint density at radius 1 is 1.47 bits per heavy atom. The van der Waals surface area contributed by atoms with Crippen LogP contribution < -0.4 is 5.73 Å². The van der Waals surface area contributed by atoms with Gasteiger partial charge >= 0.3 is 0 Å². The SMILES string of the molecule is CCC(C)(N)COCc1cccc(Cl)c1. The Bertz CT molecular complexity index is 312. The minimum absolute atomic E-state index is 0.238. The zero-order chi connectivity index (χ0) is 11.3. The zero-order valence-electron chi connectivity index (χ0n) is 9.29. The van der Waals surface area contributed by atoms with E-state index in [0.29, 0.717) is 13.2 Å². The van der Waals surface area contributed by atoms with Gasteiger partial charge in [0.2, 0.25) is 0 Å². The van der Waals surface area contributed by atoms with E-state index in [1.54, 1.807) is 0 Å². The van der Waals surface area contributed by atoms with E-state index in [1.165, 1.54) is 0 Å². The molecule has 1 rings (SSSR count). The maximum Gasteiger partial charge on any atom is 0.0718 e. The van der Waals surface area contributed by atoms with Crippen LogP contribution in [0.4, 0.5) is 0 Å². The summed E-state index contributed by atoms with van der Waals surface area (Å²) in [5, 5.41) is 0.738. The van der Waals surface area contributed by atoms with Gasteiger partial charge in [0.15, 0.2) is 0 Å². The molecular weight excluding hydrogens is 210 g/mol. The largest absolute Gasteiger partial charge is 0.375 e. The first-order chi connectivity index (χ1) is 7.03. The second-order valence-corrected chi connectivity index (χ2v) is 4.57. The Balaban J connectivity index is 2.38. The molecule has 2 N–H and O–H groups in total. The van der Waals surface area contributed by atoms with Gasteiger partial charge in [0.05, 0.1) is 13.2 Å². The van der Waals surface area contributed by atoms with Crippen LogP contribution in [0, 0.1) is 0 Å². The molecule has 0 aromatic heterocycles. The summed E-state index contributed by atoms with van der Waals surface area (Å²) in [6.45, 7) is 5.18. The molecule has 1 aromatic carbocycles. The molecule has 1 aromatic rings. The van der Waals surface area contributed by atoms with Crippen molar-refractivity contribution in [1.29, 1.82) is 0 Å². The van der Waals surface area contributed by atoms with E-state index >= 15 is 0 Å². The van der Waals surface area contributed by atoms with Crippen LogP contribution in [0.2, 0.25) is 5.02 Å². The molecule has 0 fully saturated rings. The summed E-state index contributed by atoms with van der Waals surface area (Å²) in [6, 6.07) is 7.67. The number of ether oxygens (including phenoxy) is 1. The first kappa shape index (κ1) is 12.5. The Morgan fingerprint density at radius 3 is 2.80 bits per heavy atom. The first-order valence-electron chi connectivity index (χ1n) is 5.14. The fourth-order valence-electron chi connectivity index (χ4n) is 1.13. The summed E-state index contributed by atoms with van der Waals surface area (Å²) in [7, 11) is 0. The van der Waals surface area contributed by atoms with Crippen molar-refractivity contribution >= 4 is 11.6 Å². The van der Waals surface area contributed by atoms with Crippen molar-refractivity contribution in [3.8, 4) is 0 Å². The molecule has 3 heteroatoms. The summed E-state index contributed by atoms with van der Waals surface area (Å²) in [6.07, 6.45) is 0.905. The van der Waals surface area contributed by atoms with Crippen LogP contribution in [0.3, 0.4) is 0 Å². The van der Waals surface area contributed by atoms with Gasteiger partial charge in [-0.3, -0.25) is 0 Å². The maximum atomic E-state index is 5.96. The fraction of sp³-hybridized carbons (Fsp3) is 0.500. The van der Waals surface area contributed by atoms with E-state index in [0.717, 1.165) is 17.0 Å². The minimum Gasteiger partial charge on any atom is -0.375 e. The lowest BCUT2D eigenvalue weighted by Crippen LogP contribution is -2.40. The normalized spacial score (nSPS) is 14.9. The van der Waals surface area contributed by atoms with Crippen LogP contribution in [-0.2, 0) is 11.3 Å². The van der Waals surface area contributed by atoms with Crippen LogP contribution in [0.15, 0.2) is 24.3 Å². The summed E-state index contributed by atoms with van der Waals surface area (Å²) >= 11 is 5.86. The van der Waals surface area contributed by atoms with E-state index < -0.39 is 0 Å². The predicted octanol–water partition coefficient (Wildman–Crippen LogP) is 2.98. The van der Waals surface area contributed by atoms with Crippen molar-refractivity contribution in [3.05, 3.63) is 34.9 Å². The summed E-state index contributed by atoms with van der Waals surface area (Å²) in [5.41, 5.74) is 6.80. The number of hydrogen-bond donors (Lipinski definition) is 1. The van der Waals surface area contributed by atoms with E-state index in [2.05, 4.69) is 6.92 Å². The number of halogens is 1. The molecule has 0 saturated heterocycles. The number of nitrogens with two attached hydrogens (primary N) is 1. The van der Waals surface area contributed by atoms with Crippen molar-refractivity contribution in [3.63, 3.8) is 0 Å². The van der Waals surface area contributed by atoms with Gasteiger partial charge in [0.1, 0.15) is 0 Å². The summed E-state index contributed by atoms with van der Waals surface area (Å²) in [4.78, 5) is 0. The molecule has 0 aliphatic rings. The Labute approximate surface area is 96.4 Å². The Morgan fingerprint density at radius 2 is 2.20 bits per heavy atom. The third-order valence-corrected chi connectivity index (χ3v) is 2.63. The fourth-order valence-corrected chi connectivity index (χ4v) is 1.34. The van der Waals surface area contributed by atoms with E-state index in [9.17, 15) is 0 Å². The molecular formula is C12H18ClNO. The van der Waals surface area contributed by atoms with E-state index in [-0.39, 0.29) is 5.54 Å². The zero-order valence-corrected chi connectivity index (χ0v) is 10.1. The van der Waals surface area contributed by atoms with Gasteiger partial charge in [-0.05, 0) is 31.0 Å². The molecule has 1 atom stereocenters. The van der Waals surface area contributed by atoms with Gasteiger partial charge in [-0.25, -0.2) is 0 Å². The third kappa shape index (κ3) is 4.65. The van der Waals surface area contributed by atoms with Crippen LogP contribution in [0.5, 0.6) is 0 Å². The molecule has 0 aliphatic carbocycles. The lowest BCUT2D eigenvalue weighted by atomic mass is 10.0. The molecule has 0 saturated carbocycles. The molecule has 0 amide bonds. The van der Waals surface area contributed by atoms with Crippen molar-refractivity contribution in [2.45, 2.75) is 32.4 Å². The lowest BCUT2D eigenvalue weighted by molar-refractivity contribution is 0.0777. The summed E-state index contributed by atoms with van der Waals surface area (Å²) < 4.78 is 5.55. The molecule has 0 aliphatic heterocycles. The van der Waals surface area contributed by atoms with E-state index in [4.69, 9.17) is 22.1 Å². The molecule has 0 radical (unpaired) electrons. The van der Waals surface area contributed by atoms with Crippen LogP contribution >= 0.6 is 11.6 Å². The Hall–Kier alpha value is -0.570. The average molecular weight is 228 g/mol. The van der Waals surface area contributed by atoms with Gasteiger partial charge in [0.25, 0.3) is 0 Å². The molecule has 0 bridgehead atoms. The van der Waals surface area contributed by atoms with E-state index in [1.807, 2.05) is 31.2 Å². The van der Waals surface area contributed by atoms with Gasteiger partial charge in [0, 0.05) is 10.6 Å². The van der Waals surface area contributed by atoms with Gasteiger partial charge in [-0.15, -0.1) is 0 Å². The lowest BCUT2D eigenvalue weighted by Gasteiger charge is -2.22. The van der Waals surface area contributed by atoms with Gasteiger partial charge in [-0.1, -0.05) is 30.7 Å². The highest BCUT2D eigenvalue weighted by molar-refractivity contribution is 6.30. The van der Waals surface area contributed by atoms with Crippen LogP contribution in [0.25, 0.3) is 0 Å². The summed E-state index contributed by atoms with van der Waals surface area (Å²) in [5.74, 6) is 0. The second-order valence-electron chi connectivity index (χ2n) is 4.13. The number of benzene rings is 1. The smallest absolute Gasteiger partial charge is 0.0718 e. The molecule has 84 valence electrons. The average Bonchev–Trinajstić information content (AvgIpc) is 2.18. The van der Waals surface area contributed by atoms with Crippen molar-refractivity contribution in [1.82, 2.24) is 0 Å². The monoisotopic (exact) mass is 227 g/mol. The molecule has 0 heterocycles. The highest BCUT2D eigenvalue weighted by atomic mass is 35.5. The van der Waals surface area contributed by atoms with Crippen molar-refractivity contribution in [2.75, 3.05) is 6.61 Å². The number of hydrogen-bond acceptors (Lipinski definition) is 2. The highest BCUT2D eigenvalue weighted by Gasteiger charge is 2.15. The van der Waals surface area contributed by atoms with Crippen LogP contribution in [-0.4, -0.2) is 12.1 Å². The maximum absolute atomic E-state index is 5.96. The minimum atomic E-state index is -0.238. The second kappa shape index (κ2) is 5.50. The molecule has 15 heavy (non-hydrogen) atoms. The predicted molar refractivity (Wildman–Crippen MR) is 64.0 cm³/mol. The van der Waals surface area contributed by atoms with Gasteiger partial charge in [-0.2, -0.15) is 0 Å². The molecule has 0 spiro atoms. The third-order valence-electron chi connectivity index (χ3n) is 2.40. The molecule has 2 nitrogen and oxygen atoms in total. The first-order valence-corrected chi connectivity index (χ1v) is 5.52. The van der Waals surface area contributed by atoms with Crippen molar-refractivity contribution in [2.24, 2.45) is 5.73 Å². The molecule has 1 unspecified atom stereocenters. The number of rotatable bonds is 5. The topological polar surface area (TPSA) is 35.2 Å². The van der Waals surface area contributed by atoms with Gasteiger partial charge < -0.3 is 10.5 Å². The Kier molecular flexibility index (Phi) is 4.58. The van der Waals surface area contributed by atoms with Crippen molar-refractivity contribution < 1.29 is 4.74 Å². The standard InChI is InChI=1S/C12H18ClNO/c1-3-12(2,14)9-15-8-10-5-4-6-11(13)7-10/h4-7H,3,8-9,14H2,1-2H3.